The first-order valence-electron chi connectivity index (χ1n) is 9.17. The molecule has 0 bridgehead atoms. The maximum atomic E-state index is 12.2. The molecule has 0 aliphatic carbocycles. The van der Waals surface area contributed by atoms with E-state index in [4.69, 9.17) is 11.6 Å². The maximum absolute atomic E-state index is 12.2. The molecule has 144 valence electrons. The summed E-state index contributed by atoms with van der Waals surface area (Å²) < 4.78 is 0. The molecule has 0 heterocycles. The SMILES string of the molecule is CCCCCC(=O)Nc1cccc(NC(=O)CNc2ccc(C)c(Cl)c2)c1. The summed E-state index contributed by atoms with van der Waals surface area (Å²) in [4.78, 5) is 24.1. The number of carbonyl (C=O) groups excluding carboxylic acids is 2. The van der Waals surface area contributed by atoms with E-state index in [0.717, 1.165) is 30.5 Å². The Morgan fingerprint density at radius 1 is 0.926 bits per heavy atom. The number of anilines is 3. The first-order valence-corrected chi connectivity index (χ1v) is 9.55. The number of hydrogen-bond acceptors (Lipinski definition) is 3. The fourth-order valence-electron chi connectivity index (χ4n) is 2.52. The molecular weight excluding hydrogens is 362 g/mol. The van der Waals surface area contributed by atoms with Crippen molar-refractivity contribution in [3.05, 3.63) is 53.1 Å². The van der Waals surface area contributed by atoms with Crippen molar-refractivity contribution in [3.63, 3.8) is 0 Å². The van der Waals surface area contributed by atoms with Gasteiger partial charge in [0.15, 0.2) is 0 Å². The summed E-state index contributed by atoms with van der Waals surface area (Å²) in [5.41, 5.74) is 3.08. The highest BCUT2D eigenvalue weighted by molar-refractivity contribution is 6.31. The minimum atomic E-state index is -0.182. The van der Waals surface area contributed by atoms with Gasteiger partial charge in [0.25, 0.3) is 0 Å². The topological polar surface area (TPSA) is 70.2 Å². The molecule has 3 N–H and O–H groups in total. The van der Waals surface area contributed by atoms with Gasteiger partial charge in [-0.2, -0.15) is 0 Å². The van der Waals surface area contributed by atoms with Gasteiger partial charge in [-0.3, -0.25) is 9.59 Å². The number of rotatable bonds is 9. The summed E-state index contributed by atoms with van der Waals surface area (Å²) >= 11 is 6.08. The molecule has 0 radical (unpaired) electrons. The molecule has 0 saturated carbocycles. The number of aryl methyl sites for hydroxylation is 1. The van der Waals surface area contributed by atoms with Crippen LogP contribution in [0.4, 0.5) is 17.1 Å². The van der Waals surface area contributed by atoms with E-state index in [9.17, 15) is 9.59 Å². The third-order valence-electron chi connectivity index (χ3n) is 4.06. The van der Waals surface area contributed by atoms with Gasteiger partial charge in [-0.1, -0.05) is 43.5 Å². The molecule has 0 spiro atoms. The molecule has 0 unspecified atom stereocenters. The molecule has 2 rings (SSSR count). The van der Waals surface area contributed by atoms with Gasteiger partial charge in [0.05, 0.1) is 6.54 Å². The lowest BCUT2D eigenvalue weighted by molar-refractivity contribution is -0.116. The van der Waals surface area contributed by atoms with Crippen molar-refractivity contribution < 1.29 is 9.59 Å². The Hall–Kier alpha value is -2.53. The summed E-state index contributed by atoms with van der Waals surface area (Å²) in [7, 11) is 0. The number of halogens is 1. The largest absolute Gasteiger partial charge is 0.376 e. The Bertz CT molecular complexity index is 793. The summed E-state index contributed by atoms with van der Waals surface area (Å²) in [6, 6.07) is 12.7. The summed E-state index contributed by atoms with van der Waals surface area (Å²) in [6.07, 6.45) is 3.52. The monoisotopic (exact) mass is 387 g/mol. The highest BCUT2D eigenvalue weighted by atomic mass is 35.5. The molecule has 2 aromatic carbocycles. The number of carbonyl (C=O) groups is 2. The minimum Gasteiger partial charge on any atom is -0.376 e. The normalized spacial score (nSPS) is 10.3. The van der Waals surface area contributed by atoms with Gasteiger partial charge in [0, 0.05) is 28.5 Å². The zero-order valence-corrected chi connectivity index (χ0v) is 16.5. The zero-order chi connectivity index (χ0) is 19.6. The molecule has 0 atom stereocenters. The van der Waals surface area contributed by atoms with E-state index in [0.29, 0.717) is 22.8 Å². The van der Waals surface area contributed by atoms with E-state index in [1.54, 1.807) is 30.3 Å². The Kier molecular flexibility index (Phi) is 8.14. The Morgan fingerprint density at radius 3 is 2.30 bits per heavy atom. The van der Waals surface area contributed by atoms with E-state index in [2.05, 4.69) is 22.9 Å². The molecule has 27 heavy (non-hydrogen) atoms. The maximum Gasteiger partial charge on any atom is 0.243 e. The second-order valence-corrected chi connectivity index (χ2v) is 6.86. The van der Waals surface area contributed by atoms with Crippen LogP contribution in [0.25, 0.3) is 0 Å². The van der Waals surface area contributed by atoms with E-state index in [-0.39, 0.29) is 18.4 Å². The number of nitrogens with one attached hydrogen (secondary N) is 3. The van der Waals surface area contributed by atoms with E-state index >= 15 is 0 Å². The molecular formula is C21H26ClN3O2. The Labute approximate surface area is 165 Å². The third kappa shape index (κ3) is 7.31. The van der Waals surface area contributed by atoms with Gasteiger partial charge in [-0.25, -0.2) is 0 Å². The fraction of sp³-hybridized carbons (Fsp3) is 0.333. The quantitative estimate of drug-likeness (QED) is 0.517. The average molecular weight is 388 g/mol. The number of amides is 2. The van der Waals surface area contributed by atoms with Crippen LogP contribution in [-0.4, -0.2) is 18.4 Å². The molecule has 0 aliphatic rings. The summed E-state index contributed by atoms with van der Waals surface area (Å²) in [5.74, 6) is -0.192. The van der Waals surface area contributed by atoms with Crippen LogP contribution >= 0.6 is 11.6 Å². The van der Waals surface area contributed by atoms with Crippen LogP contribution in [0, 0.1) is 6.92 Å². The van der Waals surface area contributed by atoms with Gasteiger partial charge in [-0.05, 0) is 49.2 Å². The van der Waals surface area contributed by atoms with Crippen molar-refractivity contribution in [2.24, 2.45) is 0 Å². The van der Waals surface area contributed by atoms with Crippen LogP contribution in [-0.2, 0) is 9.59 Å². The lowest BCUT2D eigenvalue weighted by Crippen LogP contribution is -2.21. The molecule has 0 aromatic heterocycles. The summed E-state index contributed by atoms with van der Waals surface area (Å²) in [5, 5.41) is 9.38. The van der Waals surface area contributed by atoms with Crippen molar-refractivity contribution >= 4 is 40.5 Å². The van der Waals surface area contributed by atoms with Crippen molar-refractivity contribution in [2.45, 2.75) is 39.5 Å². The Balaban J connectivity index is 1.84. The predicted octanol–water partition coefficient (Wildman–Crippen LogP) is 5.22. The average Bonchev–Trinajstić information content (AvgIpc) is 2.63. The van der Waals surface area contributed by atoms with Gasteiger partial charge >= 0.3 is 0 Å². The molecule has 2 amide bonds. The van der Waals surface area contributed by atoms with Gasteiger partial charge in [0.1, 0.15) is 0 Å². The zero-order valence-electron chi connectivity index (χ0n) is 15.8. The van der Waals surface area contributed by atoms with Gasteiger partial charge in [-0.15, -0.1) is 0 Å². The van der Waals surface area contributed by atoms with Crippen LogP contribution in [0.15, 0.2) is 42.5 Å². The van der Waals surface area contributed by atoms with Crippen LogP contribution in [0.2, 0.25) is 5.02 Å². The second kappa shape index (κ2) is 10.6. The molecule has 0 fully saturated rings. The first kappa shape index (κ1) is 20.8. The lowest BCUT2D eigenvalue weighted by Gasteiger charge is -2.10. The summed E-state index contributed by atoms with van der Waals surface area (Å²) in [6.45, 7) is 4.15. The standard InChI is InChI=1S/C21H26ClN3O2/c1-3-4-5-9-20(26)24-17-7-6-8-18(12-17)25-21(27)14-23-16-11-10-15(2)19(22)13-16/h6-8,10-13,23H,3-5,9,14H2,1-2H3,(H,24,26)(H,25,27). The molecule has 5 nitrogen and oxygen atoms in total. The van der Waals surface area contributed by atoms with Crippen LogP contribution in [0.3, 0.4) is 0 Å². The van der Waals surface area contributed by atoms with Gasteiger partial charge < -0.3 is 16.0 Å². The number of benzene rings is 2. The number of hydrogen-bond donors (Lipinski definition) is 3. The minimum absolute atomic E-state index is 0.00940. The van der Waals surface area contributed by atoms with E-state index in [1.165, 1.54) is 0 Å². The Morgan fingerprint density at radius 2 is 1.63 bits per heavy atom. The van der Waals surface area contributed by atoms with Crippen molar-refractivity contribution in [3.8, 4) is 0 Å². The molecule has 6 heteroatoms. The number of unbranched alkanes of at least 4 members (excludes halogenated alkanes) is 2. The molecule has 0 aliphatic heterocycles. The highest BCUT2D eigenvalue weighted by Crippen LogP contribution is 2.20. The van der Waals surface area contributed by atoms with E-state index < -0.39 is 0 Å². The third-order valence-corrected chi connectivity index (χ3v) is 4.47. The second-order valence-electron chi connectivity index (χ2n) is 6.45. The first-order chi connectivity index (χ1) is 13.0. The van der Waals surface area contributed by atoms with Crippen LogP contribution in [0.1, 0.15) is 38.2 Å². The van der Waals surface area contributed by atoms with Crippen LogP contribution in [0.5, 0.6) is 0 Å². The van der Waals surface area contributed by atoms with Crippen LogP contribution < -0.4 is 16.0 Å². The fourth-order valence-corrected chi connectivity index (χ4v) is 2.70. The van der Waals surface area contributed by atoms with Crippen molar-refractivity contribution in [1.82, 2.24) is 0 Å². The highest BCUT2D eigenvalue weighted by Gasteiger charge is 2.06. The molecule has 2 aromatic rings. The lowest BCUT2D eigenvalue weighted by atomic mass is 10.2. The predicted molar refractivity (Wildman–Crippen MR) is 113 cm³/mol. The van der Waals surface area contributed by atoms with E-state index in [1.807, 2.05) is 19.1 Å². The molecule has 0 saturated heterocycles. The van der Waals surface area contributed by atoms with Crippen molar-refractivity contribution in [1.29, 1.82) is 0 Å². The van der Waals surface area contributed by atoms with Gasteiger partial charge in [0.2, 0.25) is 11.8 Å². The smallest absolute Gasteiger partial charge is 0.243 e. The van der Waals surface area contributed by atoms with Crippen molar-refractivity contribution in [2.75, 3.05) is 22.5 Å².